The molecule has 8 heteroatoms. The van der Waals surface area contributed by atoms with E-state index < -0.39 is 0 Å². The zero-order valence-electron chi connectivity index (χ0n) is 18.4. The van der Waals surface area contributed by atoms with Gasteiger partial charge in [0.2, 0.25) is 0 Å². The highest BCUT2D eigenvalue weighted by atomic mass is 127. The standard InChI is InChI=1S/C20H38N6S.HI/c1-7-21-19(25-13-16(4)11-17(5)14-25)22-10-8-9-18-23-24-20(27-6)26(18)12-15(2)3;/h15-17H,7-14H2,1-6H3,(H,21,22);1H. The number of halogens is 1. The summed E-state index contributed by atoms with van der Waals surface area (Å²) in [4.78, 5) is 7.35. The van der Waals surface area contributed by atoms with Crippen LogP contribution in [0.5, 0.6) is 0 Å². The molecule has 0 spiro atoms. The fourth-order valence-corrected chi connectivity index (χ4v) is 4.41. The fourth-order valence-electron chi connectivity index (χ4n) is 3.89. The number of guanidine groups is 1. The summed E-state index contributed by atoms with van der Waals surface area (Å²) in [5.74, 6) is 4.22. The van der Waals surface area contributed by atoms with Crippen LogP contribution in [0.25, 0.3) is 0 Å². The van der Waals surface area contributed by atoms with Gasteiger partial charge in [-0.3, -0.25) is 4.99 Å². The van der Waals surface area contributed by atoms with Crippen molar-refractivity contribution in [2.75, 3.05) is 32.4 Å². The first-order chi connectivity index (χ1) is 12.9. The molecule has 2 unspecified atom stereocenters. The summed E-state index contributed by atoms with van der Waals surface area (Å²) in [5.41, 5.74) is 0. The second kappa shape index (κ2) is 12.9. The molecule has 0 radical (unpaired) electrons. The number of nitrogens with one attached hydrogen (secondary N) is 1. The highest BCUT2D eigenvalue weighted by molar-refractivity contribution is 14.0. The number of rotatable bonds is 8. The van der Waals surface area contributed by atoms with Gasteiger partial charge in [-0.05, 0) is 43.8 Å². The van der Waals surface area contributed by atoms with Gasteiger partial charge in [0.05, 0.1) is 0 Å². The molecule has 1 aromatic rings. The van der Waals surface area contributed by atoms with Crippen LogP contribution in [-0.2, 0) is 13.0 Å². The van der Waals surface area contributed by atoms with E-state index in [1.54, 1.807) is 11.8 Å². The van der Waals surface area contributed by atoms with E-state index in [1.807, 2.05) is 0 Å². The molecule has 1 aliphatic heterocycles. The quantitative estimate of drug-likeness (QED) is 0.183. The number of likely N-dealkylation sites (tertiary alicyclic amines) is 1. The lowest BCUT2D eigenvalue weighted by Crippen LogP contribution is -2.48. The monoisotopic (exact) mass is 522 g/mol. The highest BCUT2D eigenvalue weighted by Crippen LogP contribution is 2.21. The number of aromatic nitrogens is 3. The van der Waals surface area contributed by atoms with Crippen LogP contribution in [-0.4, -0.2) is 58.1 Å². The summed E-state index contributed by atoms with van der Waals surface area (Å²) >= 11 is 1.67. The minimum atomic E-state index is 0. The van der Waals surface area contributed by atoms with Gasteiger partial charge in [-0.15, -0.1) is 34.2 Å². The van der Waals surface area contributed by atoms with E-state index in [1.165, 1.54) is 6.42 Å². The summed E-state index contributed by atoms with van der Waals surface area (Å²) in [6, 6.07) is 0. The first-order valence-electron chi connectivity index (χ1n) is 10.4. The van der Waals surface area contributed by atoms with Crippen molar-refractivity contribution in [1.82, 2.24) is 25.0 Å². The topological polar surface area (TPSA) is 58.3 Å². The molecule has 2 heterocycles. The predicted octanol–water partition coefficient (Wildman–Crippen LogP) is 4.15. The lowest BCUT2D eigenvalue weighted by molar-refractivity contribution is 0.208. The highest BCUT2D eigenvalue weighted by Gasteiger charge is 2.23. The Morgan fingerprint density at radius 3 is 2.50 bits per heavy atom. The zero-order chi connectivity index (χ0) is 19.8. The molecule has 1 fully saturated rings. The number of thioether (sulfide) groups is 1. The summed E-state index contributed by atoms with van der Waals surface area (Å²) in [6.45, 7) is 16.2. The molecule has 1 aromatic heterocycles. The molecule has 0 bridgehead atoms. The average molecular weight is 523 g/mol. The Labute approximate surface area is 192 Å². The van der Waals surface area contributed by atoms with Crippen molar-refractivity contribution in [2.45, 2.75) is 65.6 Å². The van der Waals surface area contributed by atoms with Gasteiger partial charge in [0.15, 0.2) is 11.1 Å². The lowest BCUT2D eigenvalue weighted by atomic mass is 9.92. The molecule has 6 nitrogen and oxygen atoms in total. The maximum Gasteiger partial charge on any atom is 0.193 e. The van der Waals surface area contributed by atoms with Crippen LogP contribution in [0.3, 0.4) is 0 Å². The summed E-state index contributed by atoms with van der Waals surface area (Å²) in [7, 11) is 0. The van der Waals surface area contributed by atoms with Gasteiger partial charge in [0, 0.05) is 39.1 Å². The van der Waals surface area contributed by atoms with E-state index in [9.17, 15) is 0 Å². The van der Waals surface area contributed by atoms with Crippen LogP contribution in [0.2, 0.25) is 0 Å². The van der Waals surface area contributed by atoms with Crippen LogP contribution in [0.15, 0.2) is 10.1 Å². The minimum absolute atomic E-state index is 0. The second-order valence-electron chi connectivity index (χ2n) is 8.30. The van der Waals surface area contributed by atoms with Gasteiger partial charge in [-0.25, -0.2) is 0 Å². The molecular weight excluding hydrogens is 483 g/mol. The molecule has 1 saturated heterocycles. The Morgan fingerprint density at radius 1 is 1.25 bits per heavy atom. The number of nitrogens with zero attached hydrogens (tertiary/aromatic N) is 5. The third-order valence-corrected chi connectivity index (χ3v) is 5.51. The van der Waals surface area contributed by atoms with E-state index in [2.05, 4.69) is 65.9 Å². The summed E-state index contributed by atoms with van der Waals surface area (Å²) < 4.78 is 2.28. The van der Waals surface area contributed by atoms with Crippen molar-refractivity contribution in [1.29, 1.82) is 0 Å². The number of aliphatic imine (C=N–C) groups is 1. The SMILES string of the molecule is CCNC(=NCCCc1nnc(SC)n1CC(C)C)N1CC(C)CC(C)C1.I. The number of aryl methyl sites for hydroxylation is 1. The van der Waals surface area contributed by atoms with Crippen molar-refractivity contribution in [3.8, 4) is 0 Å². The van der Waals surface area contributed by atoms with Crippen molar-refractivity contribution < 1.29 is 0 Å². The second-order valence-corrected chi connectivity index (χ2v) is 9.07. The van der Waals surface area contributed by atoms with E-state index in [0.717, 1.165) is 74.3 Å². The van der Waals surface area contributed by atoms with Gasteiger partial charge in [0.25, 0.3) is 0 Å². The van der Waals surface area contributed by atoms with Crippen LogP contribution in [0.1, 0.15) is 53.3 Å². The average Bonchev–Trinajstić information content (AvgIpc) is 2.97. The van der Waals surface area contributed by atoms with Crippen LogP contribution in [0.4, 0.5) is 0 Å². The zero-order valence-corrected chi connectivity index (χ0v) is 21.6. The Morgan fingerprint density at radius 2 is 1.93 bits per heavy atom. The normalized spacial score (nSPS) is 20.4. The summed E-state index contributed by atoms with van der Waals surface area (Å²) in [5, 5.41) is 13.3. The molecule has 0 amide bonds. The third-order valence-electron chi connectivity index (χ3n) is 4.85. The Bertz CT molecular complexity index is 594. The van der Waals surface area contributed by atoms with Crippen LogP contribution in [0, 0.1) is 17.8 Å². The molecule has 1 N–H and O–H groups in total. The smallest absolute Gasteiger partial charge is 0.193 e. The molecule has 0 aliphatic carbocycles. The number of piperidine rings is 1. The van der Waals surface area contributed by atoms with Crippen LogP contribution < -0.4 is 5.32 Å². The van der Waals surface area contributed by atoms with Crippen molar-refractivity contribution in [2.24, 2.45) is 22.7 Å². The fraction of sp³-hybridized carbons (Fsp3) is 0.850. The molecule has 0 aromatic carbocycles. The number of hydrogen-bond donors (Lipinski definition) is 1. The van der Waals surface area contributed by atoms with Crippen LogP contribution >= 0.6 is 35.7 Å². The van der Waals surface area contributed by atoms with E-state index >= 15 is 0 Å². The van der Waals surface area contributed by atoms with Gasteiger partial charge >= 0.3 is 0 Å². The van der Waals surface area contributed by atoms with Crippen molar-refractivity contribution >= 4 is 41.7 Å². The first-order valence-corrected chi connectivity index (χ1v) is 11.7. The van der Waals surface area contributed by atoms with Gasteiger partial charge in [-0.2, -0.15) is 0 Å². The molecule has 162 valence electrons. The van der Waals surface area contributed by atoms with Crippen molar-refractivity contribution in [3.63, 3.8) is 0 Å². The van der Waals surface area contributed by atoms with Gasteiger partial charge < -0.3 is 14.8 Å². The maximum atomic E-state index is 4.91. The maximum absolute atomic E-state index is 4.91. The Kier molecular flexibility index (Phi) is 11.8. The Hall–Kier alpha value is -0.510. The first kappa shape index (κ1) is 25.5. The van der Waals surface area contributed by atoms with E-state index in [-0.39, 0.29) is 24.0 Å². The third kappa shape index (κ3) is 7.72. The van der Waals surface area contributed by atoms with Gasteiger partial charge in [0.1, 0.15) is 5.82 Å². The molecule has 2 rings (SSSR count). The van der Waals surface area contributed by atoms with Crippen molar-refractivity contribution in [3.05, 3.63) is 5.82 Å². The molecule has 0 saturated carbocycles. The molecular formula is C20H39IN6S. The molecule has 1 aliphatic rings. The lowest BCUT2D eigenvalue weighted by Gasteiger charge is -2.37. The molecule has 28 heavy (non-hydrogen) atoms. The summed E-state index contributed by atoms with van der Waals surface area (Å²) in [6.07, 6.45) is 5.31. The largest absolute Gasteiger partial charge is 0.357 e. The minimum Gasteiger partial charge on any atom is -0.357 e. The predicted molar refractivity (Wildman–Crippen MR) is 131 cm³/mol. The van der Waals surface area contributed by atoms with E-state index in [0.29, 0.717) is 5.92 Å². The molecule has 2 atom stereocenters. The van der Waals surface area contributed by atoms with Gasteiger partial charge in [-0.1, -0.05) is 39.5 Å². The number of hydrogen-bond acceptors (Lipinski definition) is 4. The Balaban J connectivity index is 0.00000392. The van der Waals surface area contributed by atoms with E-state index in [4.69, 9.17) is 4.99 Å².